The van der Waals surface area contributed by atoms with Gasteiger partial charge in [-0.2, -0.15) is 5.10 Å². The molecular formula is C20H16FN5O3. The lowest BCUT2D eigenvalue weighted by Gasteiger charge is -2.10. The molecule has 0 aliphatic carbocycles. The number of carbonyl (C=O) groups is 3. The molecule has 0 radical (unpaired) electrons. The van der Waals surface area contributed by atoms with Crippen LogP contribution in [-0.2, 0) is 9.59 Å². The third-order valence-electron chi connectivity index (χ3n) is 4.63. The maximum absolute atomic E-state index is 13.8. The van der Waals surface area contributed by atoms with Crippen molar-refractivity contribution in [3.63, 3.8) is 0 Å². The van der Waals surface area contributed by atoms with E-state index >= 15 is 0 Å². The molecule has 3 aromatic rings. The van der Waals surface area contributed by atoms with Crippen molar-refractivity contribution in [2.24, 2.45) is 5.73 Å². The highest BCUT2D eigenvalue weighted by Crippen LogP contribution is 2.36. The van der Waals surface area contributed by atoms with Crippen molar-refractivity contribution in [1.29, 1.82) is 0 Å². The van der Waals surface area contributed by atoms with E-state index in [2.05, 4.69) is 15.7 Å². The van der Waals surface area contributed by atoms with Gasteiger partial charge in [-0.05, 0) is 42.0 Å². The fraction of sp³-hybridized carbons (Fsp3) is 0.100. The summed E-state index contributed by atoms with van der Waals surface area (Å²) in [5.41, 5.74) is 7.15. The third-order valence-corrected chi connectivity index (χ3v) is 4.63. The molecule has 146 valence electrons. The molecule has 0 spiro atoms. The number of aromatic nitrogens is 2. The average molecular weight is 393 g/mol. The van der Waals surface area contributed by atoms with Gasteiger partial charge in [0.05, 0.1) is 17.3 Å². The van der Waals surface area contributed by atoms with E-state index in [-0.39, 0.29) is 23.7 Å². The molecule has 0 saturated heterocycles. The number of rotatable bonds is 5. The van der Waals surface area contributed by atoms with Crippen LogP contribution in [0.15, 0.2) is 54.7 Å². The number of amides is 3. The van der Waals surface area contributed by atoms with Gasteiger partial charge in [-0.25, -0.2) is 9.07 Å². The van der Waals surface area contributed by atoms with Crippen LogP contribution in [0.3, 0.4) is 0 Å². The topological polar surface area (TPSA) is 119 Å². The number of nitrogens with one attached hydrogen (secondary N) is 2. The van der Waals surface area contributed by atoms with Crippen molar-refractivity contribution in [2.75, 3.05) is 10.6 Å². The van der Waals surface area contributed by atoms with E-state index in [1.54, 1.807) is 36.5 Å². The predicted octanol–water partition coefficient (Wildman–Crippen LogP) is 2.17. The number of fused-ring (bicyclic) bond motifs is 1. The molecule has 4 rings (SSSR count). The molecule has 3 amide bonds. The van der Waals surface area contributed by atoms with E-state index < -0.39 is 23.5 Å². The Kier molecular flexibility index (Phi) is 4.55. The van der Waals surface area contributed by atoms with Crippen LogP contribution in [0.25, 0.3) is 5.69 Å². The average Bonchev–Trinajstić information content (AvgIpc) is 3.30. The second-order valence-corrected chi connectivity index (χ2v) is 6.55. The SMILES string of the molecule is NC(=O)c1ccn(-c2ccc(NC(=O)CC3C(=O)Nc4c(F)cccc43)cc2)n1. The van der Waals surface area contributed by atoms with Crippen LogP contribution in [0.1, 0.15) is 28.4 Å². The van der Waals surface area contributed by atoms with Crippen molar-refractivity contribution in [3.05, 3.63) is 71.8 Å². The maximum Gasteiger partial charge on any atom is 0.269 e. The summed E-state index contributed by atoms with van der Waals surface area (Å²) in [6.07, 6.45) is 1.49. The molecule has 8 nitrogen and oxygen atoms in total. The van der Waals surface area contributed by atoms with E-state index in [0.29, 0.717) is 16.9 Å². The predicted molar refractivity (Wildman–Crippen MR) is 103 cm³/mol. The Labute approximate surface area is 164 Å². The number of benzene rings is 2. The standard InChI is InChI=1S/C20H16FN5O3/c21-15-3-1-2-13-14(20(29)24-18(13)15)10-17(27)23-11-4-6-12(7-5-11)26-9-8-16(25-26)19(22)28/h1-9,14H,10H2,(H2,22,28)(H,23,27)(H,24,29). The molecule has 1 aliphatic heterocycles. The Morgan fingerprint density at radius 2 is 1.93 bits per heavy atom. The summed E-state index contributed by atoms with van der Waals surface area (Å²) in [5, 5.41) is 9.26. The summed E-state index contributed by atoms with van der Waals surface area (Å²) in [6.45, 7) is 0. The first-order valence-corrected chi connectivity index (χ1v) is 8.77. The van der Waals surface area contributed by atoms with Crippen LogP contribution in [-0.4, -0.2) is 27.5 Å². The molecule has 29 heavy (non-hydrogen) atoms. The number of hydrogen-bond acceptors (Lipinski definition) is 4. The Morgan fingerprint density at radius 3 is 2.62 bits per heavy atom. The molecule has 2 heterocycles. The zero-order valence-corrected chi connectivity index (χ0v) is 15.1. The normalized spacial score (nSPS) is 14.9. The molecule has 4 N–H and O–H groups in total. The molecule has 1 aliphatic rings. The van der Waals surface area contributed by atoms with Crippen molar-refractivity contribution in [3.8, 4) is 5.69 Å². The van der Waals surface area contributed by atoms with Gasteiger partial charge in [0, 0.05) is 18.3 Å². The first-order chi connectivity index (χ1) is 13.9. The Hall–Kier alpha value is -4.01. The van der Waals surface area contributed by atoms with Gasteiger partial charge in [0.15, 0.2) is 0 Å². The zero-order chi connectivity index (χ0) is 20.5. The summed E-state index contributed by atoms with van der Waals surface area (Å²) in [7, 11) is 0. The first kappa shape index (κ1) is 18.4. The van der Waals surface area contributed by atoms with Gasteiger partial charge in [-0.1, -0.05) is 12.1 Å². The highest BCUT2D eigenvalue weighted by Gasteiger charge is 2.33. The van der Waals surface area contributed by atoms with Gasteiger partial charge in [0.1, 0.15) is 11.5 Å². The highest BCUT2D eigenvalue weighted by atomic mass is 19.1. The number of nitrogens with zero attached hydrogens (tertiary/aromatic N) is 2. The van der Waals surface area contributed by atoms with E-state index in [4.69, 9.17) is 5.73 Å². The lowest BCUT2D eigenvalue weighted by Crippen LogP contribution is -2.20. The Bertz CT molecular complexity index is 1120. The number of primary amides is 1. The summed E-state index contributed by atoms with van der Waals surface area (Å²) in [4.78, 5) is 35.6. The minimum atomic E-state index is -0.740. The minimum Gasteiger partial charge on any atom is -0.364 e. The van der Waals surface area contributed by atoms with Crippen molar-refractivity contribution in [1.82, 2.24) is 9.78 Å². The summed E-state index contributed by atoms with van der Waals surface area (Å²) < 4.78 is 15.3. The van der Waals surface area contributed by atoms with Crippen molar-refractivity contribution in [2.45, 2.75) is 12.3 Å². The zero-order valence-electron chi connectivity index (χ0n) is 15.1. The van der Waals surface area contributed by atoms with Gasteiger partial charge in [0.25, 0.3) is 5.91 Å². The van der Waals surface area contributed by atoms with Crippen molar-refractivity contribution >= 4 is 29.1 Å². The van der Waals surface area contributed by atoms with Crippen LogP contribution in [0.5, 0.6) is 0 Å². The number of carbonyl (C=O) groups excluding carboxylic acids is 3. The monoisotopic (exact) mass is 393 g/mol. The molecule has 0 bridgehead atoms. The van der Waals surface area contributed by atoms with Crippen LogP contribution in [0, 0.1) is 5.82 Å². The molecule has 1 unspecified atom stereocenters. The molecule has 1 atom stereocenters. The first-order valence-electron chi connectivity index (χ1n) is 8.77. The number of hydrogen-bond donors (Lipinski definition) is 3. The van der Waals surface area contributed by atoms with E-state index in [0.717, 1.165) is 0 Å². The third kappa shape index (κ3) is 3.57. The fourth-order valence-corrected chi connectivity index (χ4v) is 3.21. The lowest BCUT2D eigenvalue weighted by atomic mass is 9.97. The maximum atomic E-state index is 13.8. The molecule has 0 saturated carbocycles. The fourth-order valence-electron chi connectivity index (χ4n) is 3.21. The quantitative estimate of drug-likeness (QED) is 0.615. The number of halogens is 1. The summed E-state index contributed by atoms with van der Waals surface area (Å²) in [6, 6.07) is 12.7. The second kappa shape index (κ2) is 7.19. The van der Waals surface area contributed by atoms with E-state index in [1.165, 1.54) is 22.9 Å². The van der Waals surface area contributed by atoms with Crippen LogP contribution in [0.4, 0.5) is 15.8 Å². The van der Waals surface area contributed by atoms with Crippen LogP contribution < -0.4 is 16.4 Å². The van der Waals surface area contributed by atoms with Gasteiger partial charge in [-0.15, -0.1) is 0 Å². The molecule has 0 fully saturated rings. The second-order valence-electron chi connectivity index (χ2n) is 6.55. The van der Waals surface area contributed by atoms with Gasteiger partial charge >= 0.3 is 0 Å². The van der Waals surface area contributed by atoms with Crippen LogP contribution in [0.2, 0.25) is 0 Å². The highest BCUT2D eigenvalue weighted by molar-refractivity contribution is 6.06. The smallest absolute Gasteiger partial charge is 0.269 e. The van der Waals surface area contributed by atoms with Gasteiger partial charge in [-0.3, -0.25) is 14.4 Å². The lowest BCUT2D eigenvalue weighted by molar-refractivity contribution is -0.122. The van der Waals surface area contributed by atoms with E-state index in [1.807, 2.05) is 0 Å². The minimum absolute atomic E-state index is 0.106. The summed E-state index contributed by atoms with van der Waals surface area (Å²) >= 11 is 0. The number of para-hydroxylation sites is 1. The molecule has 2 aromatic carbocycles. The van der Waals surface area contributed by atoms with Gasteiger partial charge < -0.3 is 16.4 Å². The largest absolute Gasteiger partial charge is 0.364 e. The molecular weight excluding hydrogens is 377 g/mol. The van der Waals surface area contributed by atoms with Gasteiger partial charge in [0.2, 0.25) is 11.8 Å². The van der Waals surface area contributed by atoms with Crippen LogP contribution >= 0.6 is 0 Å². The summed E-state index contributed by atoms with van der Waals surface area (Å²) in [5.74, 6) is -2.65. The van der Waals surface area contributed by atoms with Crippen molar-refractivity contribution < 1.29 is 18.8 Å². The number of nitrogens with two attached hydrogens (primary N) is 1. The Morgan fingerprint density at radius 1 is 1.17 bits per heavy atom. The molecule has 9 heteroatoms. The number of anilines is 2. The van der Waals surface area contributed by atoms with E-state index in [9.17, 15) is 18.8 Å². The molecule has 1 aromatic heterocycles. The Balaban J connectivity index is 1.43.